The Balaban J connectivity index is 2.41. The van der Waals surface area contributed by atoms with Crippen LogP contribution in [0.25, 0.3) is 0 Å². The van der Waals surface area contributed by atoms with Crippen LogP contribution in [0.4, 0.5) is 0 Å². The minimum atomic E-state index is 0.0278. The summed E-state index contributed by atoms with van der Waals surface area (Å²) < 4.78 is 5.01. The molecule has 0 saturated carbocycles. The first-order valence-electron chi connectivity index (χ1n) is 5.17. The van der Waals surface area contributed by atoms with Crippen LogP contribution in [-0.2, 0) is 9.53 Å². The van der Waals surface area contributed by atoms with Gasteiger partial charge in [0.2, 0.25) is 5.91 Å². The summed E-state index contributed by atoms with van der Waals surface area (Å²) in [6.45, 7) is 3.67. The SMILES string of the molecule is CNC1CCN(C(C)CCOC)C1=O. The Kier molecular flexibility index (Phi) is 4.35. The molecule has 0 spiro atoms. The number of rotatable bonds is 5. The largest absolute Gasteiger partial charge is 0.385 e. The molecule has 82 valence electrons. The van der Waals surface area contributed by atoms with Crippen LogP contribution in [0.3, 0.4) is 0 Å². The summed E-state index contributed by atoms with van der Waals surface area (Å²) in [7, 11) is 3.53. The number of hydrogen-bond acceptors (Lipinski definition) is 3. The summed E-state index contributed by atoms with van der Waals surface area (Å²) in [4.78, 5) is 13.7. The highest BCUT2D eigenvalue weighted by Crippen LogP contribution is 2.15. The summed E-state index contributed by atoms with van der Waals surface area (Å²) in [5, 5.41) is 3.03. The van der Waals surface area contributed by atoms with E-state index in [9.17, 15) is 4.79 Å². The van der Waals surface area contributed by atoms with E-state index in [1.807, 2.05) is 11.9 Å². The van der Waals surface area contributed by atoms with E-state index >= 15 is 0 Å². The Morgan fingerprint density at radius 1 is 1.71 bits per heavy atom. The number of likely N-dealkylation sites (tertiary alicyclic amines) is 1. The van der Waals surface area contributed by atoms with Crippen molar-refractivity contribution < 1.29 is 9.53 Å². The molecule has 1 aliphatic heterocycles. The van der Waals surface area contributed by atoms with Gasteiger partial charge in [-0.15, -0.1) is 0 Å². The van der Waals surface area contributed by atoms with Crippen LogP contribution in [0, 0.1) is 0 Å². The maximum absolute atomic E-state index is 11.8. The van der Waals surface area contributed by atoms with E-state index in [-0.39, 0.29) is 11.9 Å². The predicted molar refractivity (Wildman–Crippen MR) is 55.1 cm³/mol. The summed E-state index contributed by atoms with van der Waals surface area (Å²) in [6, 6.07) is 0.320. The molecule has 1 rings (SSSR count). The average molecular weight is 200 g/mol. The topological polar surface area (TPSA) is 41.6 Å². The molecule has 2 atom stereocenters. The molecule has 1 N–H and O–H groups in total. The number of likely N-dealkylation sites (N-methyl/N-ethyl adjacent to an activating group) is 1. The van der Waals surface area contributed by atoms with Crippen LogP contribution in [0.15, 0.2) is 0 Å². The molecule has 4 heteroatoms. The molecule has 0 aliphatic carbocycles. The minimum absolute atomic E-state index is 0.0278. The van der Waals surface area contributed by atoms with E-state index < -0.39 is 0 Å². The monoisotopic (exact) mass is 200 g/mol. The number of nitrogens with one attached hydrogen (secondary N) is 1. The number of carbonyl (C=O) groups is 1. The summed E-state index contributed by atoms with van der Waals surface area (Å²) in [5.41, 5.74) is 0. The van der Waals surface area contributed by atoms with E-state index in [0.29, 0.717) is 6.04 Å². The molecule has 0 aromatic heterocycles. The van der Waals surface area contributed by atoms with Crippen molar-refractivity contribution in [1.29, 1.82) is 0 Å². The third kappa shape index (κ3) is 2.45. The molecule has 0 aromatic carbocycles. The molecular weight excluding hydrogens is 180 g/mol. The van der Waals surface area contributed by atoms with Gasteiger partial charge in [0.05, 0.1) is 6.04 Å². The standard InChI is InChI=1S/C10H20N2O2/c1-8(5-7-14-3)12-6-4-9(11-2)10(12)13/h8-9,11H,4-7H2,1-3H3. The first-order valence-corrected chi connectivity index (χ1v) is 5.17. The van der Waals surface area contributed by atoms with Crippen molar-refractivity contribution in [2.45, 2.75) is 31.8 Å². The number of ether oxygens (including phenoxy) is 1. The van der Waals surface area contributed by atoms with Crippen molar-refractivity contribution in [2.75, 3.05) is 27.3 Å². The van der Waals surface area contributed by atoms with Gasteiger partial charge in [-0.25, -0.2) is 0 Å². The van der Waals surface area contributed by atoms with Gasteiger partial charge in [0.25, 0.3) is 0 Å². The van der Waals surface area contributed by atoms with Crippen molar-refractivity contribution >= 4 is 5.91 Å². The third-order valence-electron chi connectivity index (χ3n) is 2.86. The van der Waals surface area contributed by atoms with Gasteiger partial charge in [-0.3, -0.25) is 4.79 Å². The minimum Gasteiger partial charge on any atom is -0.385 e. The van der Waals surface area contributed by atoms with Crippen molar-refractivity contribution in [3.8, 4) is 0 Å². The second kappa shape index (κ2) is 5.32. The zero-order valence-electron chi connectivity index (χ0n) is 9.25. The highest BCUT2D eigenvalue weighted by Gasteiger charge is 2.32. The first kappa shape index (κ1) is 11.5. The fourth-order valence-electron chi connectivity index (χ4n) is 1.85. The number of carbonyl (C=O) groups excluding carboxylic acids is 1. The van der Waals surface area contributed by atoms with E-state index in [0.717, 1.165) is 26.0 Å². The van der Waals surface area contributed by atoms with Crippen LogP contribution in [0.1, 0.15) is 19.8 Å². The van der Waals surface area contributed by atoms with Gasteiger partial charge in [-0.1, -0.05) is 0 Å². The normalized spacial score (nSPS) is 24.4. The fraction of sp³-hybridized carbons (Fsp3) is 0.900. The fourth-order valence-corrected chi connectivity index (χ4v) is 1.85. The Hall–Kier alpha value is -0.610. The van der Waals surface area contributed by atoms with Crippen LogP contribution >= 0.6 is 0 Å². The van der Waals surface area contributed by atoms with Crippen LogP contribution in [0.5, 0.6) is 0 Å². The zero-order valence-corrected chi connectivity index (χ0v) is 9.25. The quantitative estimate of drug-likeness (QED) is 0.691. The first-order chi connectivity index (χ1) is 6.70. The molecule has 1 fully saturated rings. The number of amides is 1. The zero-order chi connectivity index (χ0) is 10.6. The average Bonchev–Trinajstić information content (AvgIpc) is 2.56. The third-order valence-corrected chi connectivity index (χ3v) is 2.86. The molecule has 14 heavy (non-hydrogen) atoms. The summed E-state index contributed by atoms with van der Waals surface area (Å²) in [5.74, 6) is 0.233. The highest BCUT2D eigenvalue weighted by molar-refractivity contribution is 5.84. The molecule has 2 unspecified atom stereocenters. The molecular formula is C10H20N2O2. The molecule has 1 saturated heterocycles. The van der Waals surface area contributed by atoms with Gasteiger partial charge in [0.15, 0.2) is 0 Å². The molecule has 0 radical (unpaired) electrons. The molecule has 4 nitrogen and oxygen atoms in total. The van der Waals surface area contributed by atoms with Crippen molar-refractivity contribution in [1.82, 2.24) is 10.2 Å². The number of hydrogen-bond donors (Lipinski definition) is 1. The smallest absolute Gasteiger partial charge is 0.240 e. The van der Waals surface area contributed by atoms with E-state index in [2.05, 4.69) is 12.2 Å². The Labute approximate surface area is 85.6 Å². The highest BCUT2D eigenvalue weighted by atomic mass is 16.5. The van der Waals surface area contributed by atoms with Gasteiger partial charge in [0.1, 0.15) is 0 Å². The van der Waals surface area contributed by atoms with E-state index in [4.69, 9.17) is 4.74 Å². The maximum atomic E-state index is 11.8. The lowest BCUT2D eigenvalue weighted by Crippen LogP contribution is -2.41. The molecule has 0 bridgehead atoms. The predicted octanol–water partition coefficient (Wildman–Crippen LogP) is 0.232. The Bertz CT molecular complexity index is 197. The second-order valence-corrected chi connectivity index (χ2v) is 3.79. The van der Waals surface area contributed by atoms with Crippen molar-refractivity contribution in [3.05, 3.63) is 0 Å². The molecule has 0 aromatic rings. The van der Waals surface area contributed by atoms with Crippen LogP contribution < -0.4 is 5.32 Å². The number of nitrogens with zero attached hydrogens (tertiary/aromatic N) is 1. The van der Waals surface area contributed by atoms with E-state index in [1.54, 1.807) is 7.11 Å². The lowest BCUT2D eigenvalue weighted by Gasteiger charge is -2.24. The Morgan fingerprint density at radius 3 is 2.93 bits per heavy atom. The van der Waals surface area contributed by atoms with Crippen molar-refractivity contribution in [2.24, 2.45) is 0 Å². The Morgan fingerprint density at radius 2 is 2.43 bits per heavy atom. The van der Waals surface area contributed by atoms with Crippen LogP contribution in [-0.4, -0.2) is 50.2 Å². The number of methoxy groups -OCH3 is 1. The summed E-state index contributed by atoms with van der Waals surface area (Å²) in [6.07, 6.45) is 1.84. The van der Waals surface area contributed by atoms with Gasteiger partial charge in [0, 0.05) is 26.3 Å². The van der Waals surface area contributed by atoms with Gasteiger partial charge >= 0.3 is 0 Å². The van der Waals surface area contributed by atoms with Gasteiger partial charge < -0.3 is 15.0 Å². The second-order valence-electron chi connectivity index (χ2n) is 3.79. The van der Waals surface area contributed by atoms with Crippen molar-refractivity contribution in [3.63, 3.8) is 0 Å². The lowest BCUT2D eigenvalue weighted by atomic mass is 10.2. The maximum Gasteiger partial charge on any atom is 0.240 e. The van der Waals surface area contributed by atoms with E-state index in [1.165, 1.54) is 0 Å². The van der Waals surface area contributed by atoms with Gasteiger partial charge in [-0.2, -0.15) is 0 Å². The van der Waals surface area contributed by atoms with Crippen LogP contribution in [0.2, 0.25) is 0 Å². The molecule has 1 aliphatic rings. The molecule has 1 heterocycles. The lowest BCUT2D eigenvalue weighted by molar-refractivity contribution is -0.131. The van der Waals surface area contributed by atoms with Gasteiger partial charge in [-0.05, 0) is 26.8 Å². The molecule has 1 amide bonds. The summed E-state index contributed by atoms with van der Waals surface area (Å²) >= 11 is 0.